The molecular formula is C14H23F10NO. The van der Waals surface area contributed by atoms with Gasteiger partial charge in [0, 0.05) is 71.2 Å². The molecule has 1 aromatic rings. The van der Waals surface area contributed by atoms with Gasteiger partial charge >= 0.3 is 0 Å². The predicted molar refractivity (Wildman–Crippen MR) is 81.1 cm³/mol. The molecule has 0 bridgehead atoms. The third-order valence-electron chi connectivity index (χ3n) is 2.57. The molecule has 1 N–H and O–H groups in total. The largest absolute Gasteiger partial charge is 0.385 e. The summed E-state index contributed by atoms with van der Waals surface area (Å²) in [6.45, 7) is 7.06. The van der Waals surface area contributed by atoms with Gasteiger partial charge in [-0.2, -0.15) is 0 Å². The van der Waals surface area contributed by atoms with Crippen LogP contribution in [-0.2, 0) is 4.74 Å². The van der Waals surface area contributed by atoms with Gasteiger partial charge in [0.15, 0.2) is 0 Å². The van der Waals surface area contributed by atoms with Crippen LogP contribution in [0.15, 0.2) is 24.3 Å². The maximum Gasteiger partial charge on any atom is 0.0482 e. The number of benzene rings is 1. The average Bonchev–Trinajstić information content (AvgIpc) is 2.76. The second kappa shape index (κ2) is 43.6. The summed E-state index contributed by atoms with van der Waals surface area (Å²) < 4.78 is 85.5. The number of hydrogen-bond acceptors (Lipinski definition) is 2. The summed E-state index contributed by atoms with van der Waals surface area (Å²) in [6, 6.07) is 8.37. The molecule has 0 saturated heterocycles. The van der Waals surface area contributed by atoms with Crippen molar-refractivity contribution < 1.29 is 50.5 Å². The van der Waals surface area contributed by atoms with Crippen LogP contribution in [-0.4, -0.2) is 19.8 Å². The Bertz CT molecular complexity index is 311. The molecule has 1 aromatic carbocycles. The van der Waals surface area contributed by atoms with E-state index in [0.29, 0.717) is 0 Å². The van der Waals surface area contributed by atoms with Gasteiger partial charge < -0.3 is 10.1 Å². The van der Waals surface area contributed by atoms with Gasteiger partial charge in [0.05, 0.1) is 0 Å². The summed E-state index contributed by atoms with van der Waals surface area (Å²) in [5.41, 5.74) is 2.53. The fourth-order valence-corrected chi connectivity index (χ4v) is 1.52. The Balaban J connectivity index is -0.000000127. The summed E-state index contributed by atoms with van der Waals surface area (Å²) in [6.07, 6.45) is 3.45. The van der Waals surface area contributed by atoms with Gasteiger partial charge in [-0.3, -0.25) is 0 Å². The Hall–Kier alpha value is -1.72. The fourth-order valence-electron chi connectivity index (χ4n) is 1.52. The highest BCUT2D eigenvalue weighted by Crippen LogP contribution is 2.12. The van der Waals surface area contributed by atoms with Crippen LogP contribution in [0.25, 0.3) is 0 Å². The maximum absolute atomic E-state index is 8.00. The van der Waals surface area contributed by atoms with E-state index in [0.717, 1.165) is 26.2 Å². The molecule has 12 heteroatoms. The second-order valence-electron chi connectivity index (χ2n) is 4.06. The molecular weight excluding hydrogens is 388 g/mol. The molecule has 26 heavy (non-hydrogen) atoms. The number of rotatable bonds is 8. The SMILES string of the molecule is CCCCOCCCNc1ccccc1C.FF.FF.FF.FF.FF. The standard InChI is InChI=1S/C14H23NO.5F2/c1-3-4-11-16-12-7-10-15-14-9-6-5-8-13(14)2;5*1-2/h5-6,8-9,15H,3-4,7,10-12H2,1-2H3;;;;;. The van der Waals surface area contributed by atoms with E-state index in [-0.39, 0.29) is 0 Å². The highest BCUT2D eigenvalue weighted by atomic mass is 20.0. The topological polar surface area (TPSA) is 21.3 Å². The van der Waals surface area contributed by atoms with E-state index >= 15 is 0 Å². The normalized spacial score (nSPS) is 7.54. The lowest BCUT2D eigenvalue weighted by Crippen LogP contribution is -2.07. The first-order valence-corrected chi connectivity index (χ1v) is 6.93. The van der Waals surface area contributed by atoms with Gasteiger partial charge in [-0.25, -0.2) is 0 Å². The van der Waals surface area contributed by atoms with Crippen molar-refractivity contribution in [2.24, 2.45) is 0 Å². The van der Waals surface area contributed by atoms with E-state index in [9.17, 15) is 0 Å². The molecule has 0 spiro atoms. The zero-order valence-corrected chi connectivity index (χ0v) is 14.2. The van der Waals surface area contributed by atoms with Crippen molar-refractivity contribution in [3.8, 4) is 0 Å². The first kappa shape index (κ1) is 35.4. The quantitative estimate of drug-likeness (QED) is 0.348. The molecule has 0 saturated carbocycles. The van der Waals surface area contributed by atoms with E-state index in [4.69, 9.17) is 50.5 Å². The molecule has 160 valence electrons. The Kier molecular flexibility index (Phi) is 59.4. The maximum atomic E-state index is 8.00. The molecule has 0 radical (unpaired) electrons. The third-order valence-corrected chi connectivity index (χ3v) is 2.57. The van der Waals surface area contributed by atoms with Gasteiger partial charge in [0.2, 0.25) is 0 Å². The monoisotopic (exact) mass is 411 g/mol. The number of para-hydroxylation sites is 1. The van der Waals surface area contributed by atoms with Gasteiger partial charge in [0.1, 0.15) is 0 Å². The van der Waals surface area contributed by atoms with Gasteiger partial charge in [-0.1, -0.05) is 31.5 Å². The summed E-state index contributed by atoms with van der Waals surface area (Å²) in [5.74, 6) is 0. The Labute approximate surface area is 145 Å². The Morgan fingerprint density at radius 3 is 1.69 bits per heavy atom. The highest BCUT2D eigenvalue weighted by molar-refractivity contribution is 5.49. The van der Waals surface area contributed by atoms with E-state index < -0.39 is 0 Å². The van der Waals surface area contributed by atoms with Crippen molar-refractivity contribution >= 4 is 5.69 Å². The molecule has 0 aliphatic carbocycles. The molecule has 0 amide bonds. The lowest BCUT2D eigenvalue weighted by molar-refractivity contribution is 0.108. The van der Waals surface area contributed by atoms with Crippen LogP contribution in [0, 0.1) is 6.92 Å². The molecule has 0 aliphatic heterocycles. The summed E-state index contributed by atoms with van der Waals surface area (Å²) >= 11 is 0. The number of halogens is 10. The zero-order chi connectivity index (χ0) is 21.6. The van der Waals surface area contributed by atoms with Gasteiger partial charge in [-0.05, 0) is 31.4 Å². The molecule has 0 aliphatic rings. The number of nitrogens with one attached hydrogen (secondary N) is 1. The van der Waals surface area contributed by atoms with Crippen molar-refractivity contribution in [2.75, 3.05) is 25.1 Å². The third kappa shape index (κ3) is 30.2. The number of hydrogen-bond donors (Lipinski definition) is 1. The lowest BCUT2D eigenvalue weighted by Gasteiger charge is -2.09. The van der Waals surface area contributed by atoms with Crippen LogP contribution in [0.3, 0.4) is 0 Å². The Morgan fingerprint density at radius 2 is 1.23 bits per heavy atom. The Morgan fingerprint density at radius 1 is 0.769 bits per heavy atom. The van der Waals surface area contributed by atoms with Crippen molar-refractivity contribution in [3.63, 3.8) is 0 Å². The van der Waals surface area contributed by atoms with Crippen LogP contribution in [0.1, 0.15) is 31.7 Å². The molecule has 2 nitrogen and oxygen atoms in total. The fraction of sp³-hybridized carbons (Fsp3) is 0.571. The van der Waals surface area contributed by atoms with Crippen LogP contribution < -0.4 is 5.32 Å². The van der Waals surface area contributed by atoms with Crippen molar-refractivity contribution in [1.29, 1.82) is 0 Å². The zero-order valence-electron chi connectivity index (χ0n) is 14.2. The molecule has 1 rings (SSSR count). The van der Waals surface area contributed by atoms with Crippen LogP contribution in [0.5, 0.6) is 0 Å². The average molecular weight is 411 g/mol. The highest BCUT2D eigenvalue weighted by Gasteiger charge is 1.95. The summed E-state index contributed by atoms with van der Waals surface area (Å²) in [5, 5.41) is 3.42. The van der Waals surface area contributed by atoms with Crippen LogP contribution >= 0.6 is 0 Å². The van der Waals surface area contributed by atoms with E-state index in [1.165, 1.54) is 24.1 Å². The summed E-state index contributed by atoms with van der Waals surface area (Å²) in [7, 11) is 0. The minimum absolute atomic E-state index is 0.860. The number of anilines is 1. The number of ether oxygens (including phenoxy) is 1. The van der Waals surface area contributed by atoms with Crippen LogP contribution in [0.2, 0.25) is 0 Å². The first-order chi connectivity index (χ1) is 12.8. The van der Waals surface area contributed by atoms with Gasteiger partial charge in [-0.15, -0.1) is 0 Å². The molecule has 0 heterocycles. The first-order valence-electron chi connectivity index (χ1n) is 6.93. The van der Waals surface area contributed by atoms with Crippen molar-refractivity contribution in [1.82, 2.24) is 0 Å². The van der Waals surface area contributed by atoms with E-state index in [2.05, 4.69) is 43.4 Å². The van der Waals surface area contributed by atoms with Gasteiger partial charge in [0.25, 0.3) is 0 Å². The van der Waals surface area contributed by atoms with Crippen LogP contribution in [0.4, 0.5) is 51.4 Å². The molecule has 0 unspecified atom stereocenters. The van der Waals surface area contributed by atoms with Crippen molar-refractivity contribution in [2.45, 2.75) is 33.1 Å². The summed E-state index contributed by atoms with van der Waals surface area (Å²) in [4.78, 5) is 0. The smallest absolute Gasteiger partial charge is 0.0482 e. The molecule has 0 fully saturated rings. The molecule has 0 aromatic heterocycles. The van der Waals surface area contributed by atoms with Crippen molar-refractivity contribution in [3.05, 3.63) is 29.8 Å². The minimum Gasteiger partial charge on any atom is -0.385 e. The number of unbranched alkanes of at least 4 members (excludes halogenated alkanes) is 1. The predicted octanol–water partition coefficient (Wildman–Crippen LogP) is 7.82. The second-order valence-corrected chi connectivity index (χ2v) is 4.06. The minimum atomic E-state index is 0.860. The molecule has 0 atom stereocenters. The number of aryl methyl sites for hydroxylation is 1. The van der Waals surface area contributed by atoms with E-state index in [1.54, 1.807) is 0 Å². The lowest BCUT2D eigenvalue weighted by atomic mass is 10.2. The van der Waals surface area contributed by atoms with E-state index in [1.807, 2.05) is 0 Å².